The number of pyridine rings is 1. The Labute approximate surface area is 143 Å². The van der Waals surface area contributed by atoms with Crippen LogP contribution in [-0.2, 0) is 22.9 Å². The Kier molecular flexibility index (Phi) is 3.88. The quantitative estimate of drug-likeness (QED) is 0.902. The molecule has 0 aliphatic heterocycles. The van der Waals surface area contributed by atoms with E-state index < -0.39 is 10.0 Å². The van der Waals surface area contributed by atoms with Crippen molar-refractivity contribution in [2.24, 2.45) is 5.92 Å². The zero-order chi connectivity index (χ0) is 16.9. The molecule has 2 aliphatic rings. The smallest absolute Gasteiger partial charge is 0.241 e. The minimum absolute atomic E-state index is 0.282. The molecule has 4 nitrogen and oxygen atoms in total. The Balaban J connectivity index is 1.89. The number of benzene rings is 1. The molecule has 128 valence electrons. The average molecular weight is 344 g/mol. The van der Waals surface area contributed by atoms with E-state index in [9.17, 15) is 8.42 Å². The predicted octanol–water partition coefficient (Wildman–Crippen LogP) is 3.54. The number of hydrogen-bond donors (Lipinski definition) is 1. The molecule has 4 rings (SSSR count). The third-order valence-corrected chi connectivity index (χ3v) is 6.51. The van der Waals surface area contributed by atoms with E-state index >= 15 is 0 Å². The third-order valence-electron chi connectivity index (χ3n) is 5.05. The Morgan fingerprint density at radius 1 is 1.21 bits per heavy atom. The highest BCUT2D eigenvalue weighted by atomic mass is 32.2. The molecule has 1 heterocycles. The van der Waals surface area contributed by atoms with Gasteiger partial charge in [-0.2, -0.15) is 0 Å². The highest BCUT2D eigenvalue weighted by Crippen LogP contribution is 2.41. The summed E-state index contributed by atoms with van der Waals surface area (Å²) < 4.78 is 28.6. The second-order valence-corrected chi connectivity index (χ2v) is 9.28. The summed E-state index contributed by atoms with van der Waals surface area (Å²) in [6.07, 6.45) is 7.32. The van der Waals surface area contributed by atoms with Gasteiger partial charge in [-0.1, -0.05) is 13.8 Å². The van der Waals surface area contributed by atoms with Crippen molar-refractivity contribution in [2.45, 2.75) is 56.8 Å². The van der Waals surface area contributed by atoms with E-state index in [0.717, 1.165) is 48.6 Å². The SMILES string of the molecule is CC(C)CNS(=O)(=O)c1cc2c(c3cnc(C4CC4)cc13)CCC2. The molecule has 0 radical (unpaired) electrons. The van der Waals surface area contributed by atoms with Gasteiger partial charge in [0.2, 0.25) is 10.0 Å². The Morgan fingerprint density at radius 2 is 2.00 bits per heavy atom. The zero-order valence-electron chi connectivity index (χ0n) is 14.3. The van der Waals surface area contributed by atoms with E-state index in [0.29, 0.717) is 17.4 Å². The van der Waals surface area contributed by atoms with Gasteiger partial charge >= 0.3 is 0 Å². The molecule has 1 fully saturated rings. The van der Waals surface area contributed by atoms with Gasteiger partial charge in [0.05, 0.1) is 4.90 Å². The summed E-state index contributed by atoms with van der Waals surface area (Å²) in [6.45, 7) is 4.48. The first-order valence-corrected chi connectivity index (χ1v) is 10.4. The van der Waals surface area contributed by atoms with Crippen LogP contribution < -0.4 is 4.72 Å². The average Bonchev–Trinajstić information content (AvgIpc) is 3.29. The van der Waals surface area contributed by atoms with Gasteiger partial charge in [0.25, 0.3) is 0 Å². The maximum absolute atomic E-state index is 12.9. The van der Waals surface area contributed by atoms with Gasteiger partial charge in [-0.05, 0) is 61.3 Å². The molecule has 1 saturated carbocycles. The molecule has 1 aromatic heterocycles. The van der Waals surface area contributed by atoms with E-state index in [1.54, 1.807) is 0 Å². The zero-order valence-corrected chi connectivity index (χ0v) is 15.1. The molecule has 0 unspecified atom stereocenters. The molecule has 0 spiro atoms. The second kappa shape index (κ2) is 5.81. The molecule has 1 N–H and O–H groups in total. The molecular formula is C19H24N2O2S. The van der Waals surface area contributed by atoms with Gasteiger partial charge in [-0.25, -0.2) is 13.1 Å². The van der Waals surface area contributed by atoms with Crippen molar-refractivity contribution in [3.63, 3.8) is 0 Å². The Hall–Kier alpha value is -1.46. The standard InChI is InChI=1S/C19H24N2O2S/c1-12(2)10-21-24(22,23)19-8-14-4-3-5-15(14)17-11-20-18(9-16(17)19)13-6-7-13/h8-9,11-13,21H,3-7,10H2,1-2H3. The van der Waals surface area contributed by atoms with E-state index in [1.807, 2.05) is 32.2 Å². The minimum atomic E-state index is -3.50. The van der Waals surface area contributed by atoms with E-state index in [2.05, 4.69) is 9.71 Å². The fourth-order valence-corrected chi connectivity index (χ4v) is 5.03. The predicted molar refractivity (Wildman–Crippen MR) is 95.8 cm³/mol. The number of aryl methyl sites for hydroxylation is 2. The van der Waals surface area contributed by atoms with Crippen LogP contribution in [0.25, 0.3) is 10.8 Å². The van der Waals surface area contributed by atoms with E-state index in [4.69, 9.17) is 0 Å². The van der Waals surface area contributed by atoms with Crippen LogP contribution in [-0.4, -0.2) is 19.9 Å². The molecule has 2 aliphatic carbocycles. The number of hydrogen-bond acceptors (Lipinski definition) is 3. The number of aromatic nitrogens is 1. The first-order valence-electron chi connectivity index (χ1n) is 8.90. The Bertz CT molecular complexity index is 899. The molecule has 0 saturated heterocycles. The lowest BCUT2D eigenvalue weighted by atomic mass is 10.0. The third kappa shape index (κ3) is 2.84. The van der Waals surface area contributed by atoms with Gasteiger partial charge in [-0.15, -0.1) is 0 Å². The number of nitrogens with zero attached hydrogens (tertiary/aromatic N) is 1. The Morgan fingerprint density at radius 3 is 2.71 bits per heavy atom. The number of fused-ring (bicyclic) bond motifs is 3. The monoisotopic (exact) mass is 344 g/mol. The molecule has 0 amide bonds. The number of nitrogens with one attached hydrogen (secondary N) is 1. The van der Waals surface area contributed by atoms with Crippen LogP contribution in [0.3, 0.4) is 0 Å². The van der Waals surface area contributed by atoms with Crippen LogP contribution in [0.1, 0.15) is 55.8 Å². The van der Waals surface area contributed by atoms with Crippen LogP contribution in [0.2, 0.25) is 0 Å². The maximum Gasteiger partial charge on any atom is 0.241 e. The van der Waals surface area contributed by atoms with Crippen molar-refractivity contribution >= 4 is 20.8 Å². The van der Waals surface area contributed by atoms with Crippen LogP contribution in [0, 0.1) is 5.92 Å². The largest absolute Gasteiger partial charge is 0.260 e. The molecule has 5 heteroatoms. The van der Waals surface area contributed by atoms with E-state index in [-0.39, 0.29) is 5.92 Å². The van der Waals surface area contributed by atoms with Crippen molar-refractivity contribution in [1.82, 2.24) is 9.71 Å². The van der Waals surface area contributed by atoms with Crippen molar-refractivity contribution < 1.29 is 8.42 Å². The summed E-state index contributed by atoms with van der Waals surface area (Å²) in [6, 6.07) is 3.93. The summed E-state index contributed by atoms with van der Waals surface area (Å²) in [4.78, 5) is 5.06. The van der Waals surface area contributed by atoms with Gasteiger partial charge in [0.1, 0.15) is 0 Å². The summed E-state index contributed by atoms with van der Waals surface area (Å²) in [7, 11) is -3.50. The molecular weight excluding hydrogens is 320 g/mol. The van der Waals surface area contributed by atoms with Gasteiger partial charge < -0.3 is 0 Å². The number of rotatable bonds is 5. The lowest BCUT2D eigenvalue weighted by Crippen LogP contribution is -2.28. The van der Waals surface area contributed by atoms with Crippen molar-refractivity contribution in [1.29, 1.82) is 0 Å². The van der Waals surface area contributed by atoms with Gasteiger partial charge in [0.15, 0.2) is 0 Å². The normalized spacial score (nSPS) is 17.6. The molecule has 24 heavy (non-hydrogen) atoms. The minimum Gasteiger partial charge on any atom is -0.260 e. The van der Waals surface area contributed by atoms with Crippen LogP contribution in [0.5, 0.6) is 0 Å². The number of sulfonamides is 1. The summed E-state index contributed by atoms with van der Waals surface area (Å²) in [5.74, 6) is 0.797. The molecule has 0 atom stereocenters. The van der Waals surface area contributed by atoms with Crippen LogP contribution in [0.4, 0.5) is 0 Å². The van der Waals surface area contributed by atoms with E-state index in [1.165, 1.54) is 11.1 Å². The van der Waals surface area contributed by atoms with Crippen molar-refractivity contribution in [2.75, 3.05) is 6.54 Å². The van der Waals surface area contributed by atoms with Gasteiger partial charge in [-0.3, -0.25) is 4.98 Å². The lowest BCUT2D eigenvalue weighted by Gasteiger charge is -2.15. The van der Waals surface area contributed by atoms with Gasteiger partial charge in [0, 0.05) is 35.1 Å². The molecule has 2 aromatic rings. The molecule has 0 bridgehead atoms. The topological polar surface area (TPSA) is 59.1 Å². The lowest BCUT2D eigenvalue weighted by molar-refractivity contribution is 0.561. The van der Waals surface area contributed by atoms with Crippen LogP contribution >= 0.6 is 0 Å². The maximum atomic E-state index is 12.9. The molecule has 1 aromatic carbocycles. The fourth-order valence-electron chi connectivity index (χ4n) is 3.56. The van der Waals surface area contributed by atoms with Crippen molar-refractivity contribution in [3.8, 4) is 0 Å². The highest BCUT2D eigenvalue weighted by Gasteiger charge is 2.28. The summed E-state index contributed by atoms with van der Waals surface area (Å²) in [5.41, 5.74) is 3.51. The van der Waals surface area contributed by atoms with Crippen LogP contribution in [0.15, 0.2) is 23.2 Å². The van der Waals surface area contributed by atoms with Crippen molar-refractivity contribution in [3.05, 3.63) is 35.2 Å². The second-order valence-electron chi connectivity index (χ2n) is 7.54. The highest BCUT2D eigenvalue weighted by molar-refractivity contribution is 7.89. The summed E-state index contributed by atoms with van der Waals surface area (Å²) in [5, 5.41) is 1.88. The summed E-state index contributed by atoms with van der Waals surface area (Å²) >= 11 is 0. The first-order chi connectivity index (χ1) is 11.5. The fraction of sp³-hybridized carbons (Fsp3) is 0.526. The first kappa shape index (κ1) is 16.0.